The number of rotatable bonds is 1. The first-order valence-corrected chi connectivity index (χ1v) is 6.70. The molecule has 0 amide bonds. The summed E-state index contributed by atoms with van der Waals surface area (Å²) in [5.74, 6) is 0.244. The standard InChI is InChI=1S/C10H14N2O2S/c11-9-2-1-7-15(13,14)10(9)8-3-5-12-6-4-8/h3-6,9-10H,1-2,7,11H2. The maximum atomic E-state index is 11.9. The lowest BCUT2D eigenvalue weighted by molar-refractivity contribution is 0.504. The van der Waals surface area contributed by atoms with Crippen LogP contribution in [-0.2, 0) is 9.84 Å². The largest absolute Gasteiger partial charge is 0.326 e. The van der Waals surface area contributed by atoms with E-state index in [4.69, 9.17) is 5.73 Å². The van der Waals surface area contributed by atoms with Gasteiger partial charge in [-0.05, 0) is 30.5 Å². The molecule has 2 atom stereocenters. The van der Waals surface area contributed by atoms with Gasteiger partial charge in [-0.2, -0.15) is 0 Å². The van der Waals surface area contributed by atoms with E-state index < -0.39 is 15.1 Å². The molecule has 0 spiro atoms. The summed E-state index contributed by atoms with van der Waals surface area (Å²) in [4.78, 5) is 3.88. The van der Waals surface area contributed by atoms with E-state index >= 15 is 0 Å². The van der Waals surface area contributed by atoms with Gasteiger partial charge >= 0.3 is 0 Å². The van der Waals surface area contributed by atoms with Crippen molar-refractivity contribution in [1.82, 2.24) is 4.98 Å². The van der Waals surface area contributed by atoms with Crippen molar-refractivity contribution >= 4 is 9.84 Å². The molecular weight excluding hydrogens is 212 g/mol. The summed E-state index contributed by atoms with van der Waals surface area (Å²) < 4.78 is 23.8. The molecule has 1 aromatic rings. The van der Waals surface area contributed by atoms with Crippen LogP contribution in [0.5, 0.6) is 0 Å². The average molecular weight is 226 g/mol. The third-order valence-electron chi connectivity index (χ3n) is 2.78. The lowest BCUT2D eigenvalue weighted by atomic mass is 10.0. The maximum absolute atomic E-state index is 11.9. The van der Waals surface area contributed by atoms with E-state index in [0.717, 1.165) is 12.0 Å². The summed E-state index contributed by atoms with van der Waals surface area (Å²) in [6.45, 7) is 0. The van der Waals surface area contributed by atoms with E-state index in [-0.39, 0.29) is 11.8 Å². The molecule has 2 rings (SSSR count). The van der Waals surface area contributed by atoms with Crippen molar-refractivity contribution in [3.63, 3.8) is 0 Å². The van der Waals surface area contributed by atoms with Crippen molar-refractivity contribution in [2.75, 3.05) is 5.75 Å². The fourth-order valence-corrected chi connectivity index (χ4v) is 4.14. The fourth-order valence-electron chi connectivity index (χ4n) is 2.07. The van der Waals surface area contributed by atoms with Crippen molar-refractivity contribution < 1.29 is 8.42 Å². The lowest BCUT2D eigenvalue weighted by Crippen LogP contribution is -2.39. The lowest BCUT2D eigenvalue weighted by Gasteiger charge is -2.28. The molecule has 1 aromatic heterocycles. The Bertz CT molecular complexity index is 430. The summed E-state index contributed by atoms with van der Waals surface area (Å²) >= 11 is 0. The van der Waals surface area contributed by atoms with Gasteiger partial charge in [0.15, 0.2) is 9.84 Å². The molecule has 1 fully saturated rings. The summed E-state index contributed by atoms with van der Waals surface area (Å²) in [5, 5.41) is -0.547. The first kappa shape index (κ1) is 10.6. The van der Waals surface area contributed by atoms with Gasteiger partial charge in [-0.25, -0.2) is 8.42 Å². The predicted molar refractivity (Wildman–Crippen MR) is 58.0 cm³/mol. The topological polar surface area (TPSA) is 73.1 Å². The van der Waals surface area contributed by atoms with E-state index in [9.17, 15) is 8.42 Å². The zero-order chi connectivity index (χ0) is 10.9. The highest BCUT2D eigenvalue weighted by Gasteiger charge is 2.35. The zero-order valence-corrected chi connectivity index (χ0v) is 9.15. The summed E-state index contributed by atoms with van der Waals surface area (Å²) in [6, 6.07) is 3.17. The molecule has 1 saturated heterocycles. The van der Waals surface area contributed by atoms with Crippen LogP contribution in [0.15, 0.2) is 24.5 Å². The van der Waals surface area contributed by atoms with Gasteiger partial charge in [-0.1, -0.05) is 0 Å². The third kappa shape index (κ3) is 2.03. The van der Waals surface area contributed by atoms with Crippen molar-refractivity contribution in [3.05, 3.63) is 30.1 Å². The molecule has 2 heterocycles. The predicted octanol–water partition coefficient (Wildman–Crippen LogP) is 0.659. The zero-order valence-electron chi connectivity index (χ0n) is 8.33. The highest BCUT2D eigenvalue weighted by molar-refractivity contribution is 7.91. The number of nitrogens with two attached hydrogens (primary N) is 1. The molecule has 82 valence electrons. The Kier molecular flexibility index (Phi) is 2.75. The average Bonchev–Trinajstić information content (AvgIpc) is 2.17. The highest BCUT2D eigenvalue weighted by atomic mass is 32.2. The van der Waals surface area contributed by atoms with Crippen LogP contribution in [0.25, 0.3) is 0 Å². The minimum atomic E-state index is -3.08. The minimum Gasteiger partial charge on any atom is -0.326 e. The Labute approximate surface area is 89.4 Å². The molecule has 2 unspecified atom stereocenters. The Morgan fingerprint density at radius 2 is 2.00 bits per heavy atom. The molecule has 0 bridgehead atoms. The third-order valence-corrected chi connectivity index (χ3v) is 5.03. The molecule has 15 heavy (non-hydrogen) atoms. The molecular formula is C10H14N2O2S. The second-order valence-electron chi connectivity index (χ2n) is 3.87. The van der Waals surface area contributed by atoms with Gasteiger partial charge in [0, 0.05) is 18.4 Å². The van der Waals surface area contributed by atoms with Crippen LogP contribution in [0, 0.1) is 0 Å². The van der Waals surface area contributed by atoms with Crippen LogP contribution in [0.2, 0.25) is 0 Å². The molecule has 0 radical (unpaired) electrons. The molecule has 0 aliphatic carbocycles. The Hall–Kier alpha value is -0.940. The van der Waals surface area contributed by atoms with Gasteiger partial charge in [0.1, 0.15) is 5.25 Å². The van der Waals surface area contributed by atoms with Gasteiger partial charge in [0.25, 0.3) is 0 Å². The molecule has 2 N–H and O–H groups in total. The van der Waals surface area contributed by atoms with E-state index in [1.54, 1.807) is 24.5 Å². The van der Waals surface area contributed by atoms with Crippen molar-refractivity contribution in [2.45, 2.75) is 24.1 Å². The normalized spacial score (nSPS) is 29.9. The van der Waals surface area contributed by atoms with Crippen LogP contribution < -0.4 is 5.73 Å². The number of pyridine rings is 1. The number of aromatic nitrogens is 1. The van der Waals surface area contributed by atoms with Crippen LogP contribution in [0.4, 0.5) is 0 Å². The van der Waals surface area contributed by atoms with Crippen molar-refractivity contribution in [1.29, 1.82) is 0 Å². The molecule has 0 aromatic carbocycles. The van der Waals surface area contributed by atoms with Gasteiger partial charge in [-0.3, -0.25) is 4.98 Å². The number of sulfone groups is 1. The minimum absolute atomic E-state index is 0.244. The van der Waals surface area contributed by atoms with Gasteiger partial charge in [0.2, 0.25) is 0 Å². The Balaban J connectivity index is 2.41. The number of hydrogen-bond acceptors (Lipinski definition) is 4. The second kappa shape index (κ2) is 3.90. The first-order chi connectivity index (χ1) is 7.11. The monoisotopic (exact) mass is 226 g/mol. The van der Waals surface area contributed by atoms with Crippen LogP contribution in [0.3, 0.4) is 0 Å². The van der Waals surface area contributed by atoms with E-state index in [2.05, 4.69) is 4.98 Å². The van der Waals surface area contributed by atoms with E-state index in [0.29, 0.717) is 6.42 Å². The SMILES string of the molecule is NC1CCCS(=O)(=O)C1c1ccncc1. The molecule has 5 heteroatoms. The van der Waals surface area contributed by atoms with Crippen LogP contribution in [0.1, 0.15) is 23.7 Å². The van der Waals surface area contributed by atoms with Crippen LogP contribution in [-0.4, -0.2) is 25.2 Å². The molecule has 0 saturated carbocycles. The van der Waals surface area contributed by atoms with E-state index in [1.165, 1.54) is 0 Å². The summed E-state index contributed by atoms with van der Waals surface area (Å²) in [6.07, 6.45) is 4.65. The van der Waals surface area contributed by atoms with Crippen molar-refractivity contribution in [3.8, 4) is 0 Å². The highest BCUT2D eigenvalue weighted by Crippen LogP contribution is 2.32. The summed E-state index contributed by atoms with van der Waals surface area (Å²) in [5.41, 5.74) is 6.65. The Morgan fingerprint density at radius 1 is 1.33 bits per heavy atom. The quantitative estimate of drug-likeness (QED) is 0.763. The fraction of sp³-hybridized carbons (Fsp3) is 0.500. The Morgan fingerprint density at radius 3 is 2.60 bits per heavy atom. The summed E-state index contributed by atoms with van der Waals surface area (Å²) in [7, 11) is -3.08. The van der Waals surface area contributed by atoms with Gasteiger partial charge in [0.05, 0.1) is 5.75 Å². The van der Waals surface area contributed by atoms with Gasteiger partial charge < -0.3 is 5.73 Å². The smallest absolute Gasteiger partial charge is 0.158 e. The van der Waals surface area contributed by atoms with Gasteiger partial charge in [-0.15, -0.1) is 0 Å². The van der Waals surface area contributed by atoms with Crippen molar-refractivity contribution in [2.24, 2.45) is 5.73 Å². The van der Waals surface area contributed by atoms with E-state index in [1.807, 2.05) is 0 Å². The maximum Gasteiger partial charge on any atom is 0.158 e. The number of hydrogen-bond donors (Lipinski definition) is 1. The molecule has 1 aliphatic heterocycles. The second-order valence-corrected chi connectivity index (χ2v) is 6.12. The van der Waals surface area contributed by atoms with Crippen LogP contribution >= 0.6 is 0 Å². The first-order valence-electron chi connectivity index (χ1n) is 4.98. The number of nitrogens with zero attached hydrogens (tertiary/aromatic N) is 1. The molecule has 4 nitrogen and oxygen atoms in total. The molecule has 1 aliphatic rings.